The van der Waals surface area contributed by atoms with E-state index in [9.17, 15) is 18.3 Å². The Morgan fingerprint density at radius 3 is 2.41 bits per heavy atom. The van der Waals surface area contributed by atoms with Gasteiger partial charge in [0.1, 0.15) is 0 Å². The summed E-state index contributed by atoms with van der Waals surface area (Å²) in [5, 5.41) is 9.22. The molecule has 4 nitrogen and oxygen atoms in total. The lowest BCUT2D eigenvalue weighted by atomic mass is 10.3. The fourth-order valence-corrected chi connectivity index (χ4v) is 5.47. The van der Waals surface area contributed by atoms with Crippen LogP contribution in [0.25, 0.3) is 0 Å². The van der Waals surface area contributed by atoms with E-state index in [-0.39, 0.29) is 17.2 Å². The Labute approximate surface area is 113 Å². The first-order valence-corrected chi connectivity index (χ1v) is 8.06. The minimum absolute atomic E-state index is 0.0924. The number of carbonyl (C=O) groups is 1. The lowest BCUT2D eigenvalue weighted by molar-refractivity contribution is -0.137. The number of carboxylic acid groups (broad SMARTS) is 1. The van der Waals surface area contributed by atoms with Crippen molar-refractivity contribution in [1.82, 2.24) is 0 Å². The smallest absolute Gasteiger partial charge is 0.325 e. The molecular formula is C11H11IO4S. The molecule has 0 spiro atoms. The van der Waals surface area contributed by atoms with Crippen molar-refractivity contribution in [2.75, 3.05) is 4.43 Å². The van der Waals surface area contributed by atoms with Gasteiger partial charge in [-0.25, -0.2) is 8.42 Å². The number of benzene rings is 1. The summed E-state index contributed by atoms with van der Waals surface area (Å²) < 4.78 is 23.6. The Kier molecular flexibility index (Phi) is 3.19. The number of hydrogen-bond donors (Lipinski definition) is 1. The largest absolute Gasteiger partial charge is 0.480 e. The van der Waals surface area contributed by atoms with Crippen LogP contribution in [0.1, 0.15) is 6.42 Å². The lowest BCUT2D eigenvalue weighted by Gasteiger charge is -2.13. The zero-order chi connectivity index (χ0) is 12.7. The van der Waals surface area contributed by atoms with E-state index in [1.54, 1.807) is 18.2 Å². The fourth-order valence-electron chi connectivity index (χ4n) is 2.00. The topological polar surface area (TPSA) is 71.4 Å². The van der Waals surface area contributed by atoms with Gasteiger partial charge in [0.2, 0.25) is 0 Å². The van der Waals surface area contributed by atoms with Crippen molar-refractivity contribution in [1.29, 1.82) is 0 Å². The minimum atomic E-state index is -3.79. The molecule has 0 amide bonds. The number of rotatable bonds is 4. The van der Waals surface area contributed by atoms with E-state index in [4.69, 9.17) is 0 Å². The van der Waals surface area contributed by atoms with Crippen molar-refractivity contribution in [3.05, 3.63) is 30.3 Å². The molecule has 1 saturated carbocycles. The number of sulfone groups is 1. The van der Waals surface area contributed by atoms with Crippen molar-refractivity contribution in [2.45, 2.75) is 16.1 Å². The molecule has 0 aromatic heterocycles. The van der Waals surface area contributed by atoms with E-state index >= 15 is 0 Å². The first kappa shape index (κ1) is 12.8. The van der Waals surface area contributed by atoms with Gasteiger partial charge in [0.25, 0.3) is 0 Å². The molecule has 0 heterocycles. The van der Waals surface area contributed by atoms with Crippen molar-refractivity contribution in [2.24, 2.45) is 5.92 Å². The molecular weight excluding hydrogens is 355 g/mol. The maximum Gasteiger partial charge on any atom is 0.325 e. The molecule has 1 aliphatic rings. The first-order chi connectivity index (χ1) is 7.96. The first-order valence-electron chi connectivity index (χ1n) is 5.06. The van der Waals surface area contributed by atoms with Crippen LogP contribution in [0.4, 0.5) is 0 Å². The molecule has 1 N–H and O–H groups in total. The predicted octanol–water partition coefficient (Wildman–Crippen LogP) is 1.74. The van der Waals surface area contributed by atoms with E-state index in [2.05, 4.69) is 0 Å². The number of alkyl halides is 1. The second-order valence-electron chi connectivity index (χ2n) is 4.07. The highest BCUT2D eigenvalue weighted by atomic mass is 127. The standard InChI is InChI=1S/C11H11IO4S/c12-7-8-6-11(8,10(13)14)17(15,16)9-4-2-1-3-5-9/h1-5,8H,6-7H2,(H,13,14). The third-order valence-electron chi connectivity index (χ3n) is 3.13. The summed E-state index contributed by atoms with van der Waals surface area (Å²) in [6.07, 6.45) is 0.211. The maximum atomic E-state index is 12.3. The van der Waals surface area contributed by atoms with Crippen molar-refractivity contribution >= 4 is 38.4 Å². The van der Waals surface area contributed by atoms with Crippen LogP contribution in [-0.4, -0.2) is 28.7 Å². The second kappa shape index (κ2) is 4.24. The van der Waals surface area contributed by atoms with Gasteiger partial charge in [-0.1, -0.05) is 40.8 Å². The molecule has 1 aromatic rings. The minimum Gasteiger partial charge on any atom is -0.480 e. The van der Waals surface area contributed by atoms with Crippen LogP contribution in [0.3, 0.4) is 0 Å². The summed E-state index contributed by atoms with van der Waals surface area (Å²) in [6, 6.07) is 7.80. The monoisotopic (exact) mass is 366 g/mol. The normalized spacial score (nSPS) is 27.7. The molecule has 1 fully saturated rings. The molecule has 2 unspecified atom stereocenters. The molecule has 0 saturated heterocycles. The highest BCUT2D eigenvalue weighted by Crippen LogP contribution is 2.53. The second-order valence-corrected chi connectivity index (χ2v) is 7.15. The quantitative estimate of drug-likeness (QED) is 0.651. The Balaban J connectivity index is 2.50. The molecule has 1 aromatic carbocycles. The Morgan fingerprint density at radius 1 is 1.41 bits per heavy atom. The molecule has 1 aliphatic carbocycles. The predicted molar refractivity (Wildman–Crippen MR) is 71.0 cm³/mol. The zero-order valence-electron chi connectivity index (χ0n) is 8.84. The van der Waals surface area contributed by atoms with Crippen molar-refractivity contribution in [3.63, 3.8) is 0 Å². The van der Waals surface area contributed by atoms with Crippen molar-refractivity contribution in [3.8, 4) is 0 Å². The van der Waals surface area contributed by atoms with Crippen molar-refractivity contribution < 1.29 is 18.3 Å². The Hall–Kier alpha value is -0.630. The molecule has 0 radical (unpaired) electrons. The van der Waals surface area contributed by atoms with E-state index in [0.29, 0.717) is 4.43 Å². The number of aliphatic carboxylic acids is 1. The lowest BCUT2D eigenvalue weighted by Crippen LogP contribution is -2.35. The summed E-state index contributed by atoms with van der Waals surface area (Å²) >= 11 is 2.03. The van der Waals surface area contributed by atoms with Crippen LogP contribution >= 0.6 is 22.6 Å². The Bertz CT molecular complexity index is 540. The summed E-state index contributed by atoms with van der Waals surface area (Å²) in [5.74, 6) is -1.52. The van der Waals surface area contributed by atoms with Gasteiger partial charge in [-0.15, -0.1) is 0 Å². The van der Waals surface area contributed by atoms with Crippen LogP contribution in [0.15, 0.2) is 35.2 Å². The van der Waals surface area contributed by atoms with Gasteiger partial charge in [-0.05, 0) is 18.6 Å². The van der Waals surface area contributed by atoms with E-state index in [1.807, 2.05) is 22.6 Å². The van der Waals surface area contributed by atoms with E-state index in [1.165, 1.54) is 12.1 Å². The number of carboxylic acids is 1. The maximum absolute atomic E-state index is 12.3. The van der Waals surface area contributed by atoms with Crippen LogP contribution in [0.5, 0.6) is 0 Å². The molecule has 0 aliphatic heterocycles. The molecule has 0 bridgehead atoms. The third-order valence-corrected chi connectivity index (χ3v) is 6.72. The average Bonchev–Trinajstić information content (AvgIpc) is 3.06. The van der Waals surface area contributed by atoms with Crippen LogP contribution in [0.2, 0.25) is 0 Å². The van der Waals surface area contributed by atoms with Gasteiger partial charge in [0.05, 0.1) is 4.90 Å². The SMILES string of the molecule is O=C(O)C1(S(=O)(=O)c2ccccc2)CC1CI. The summed E-state index contributed by atoms with van der Waals surface area (Å²) in [6.45, 7) is 0. The summed E-state index contributed by atoms with van der Waals surface area (Å²) in [7, 11) is -3.79. The molecule has 92 valence electrons. The highest BCUT2D eigenvalue weighted by molar-refractivity contribution is 14.1. The zero-order valence-corrected chi connectivity index (χ0v) is 11.8. The van der Waals surface area contributed by atoms with Gasteiger partial charge in [-0.3, -0.25) is 4.79 Å². The van der Waals surface area contributed by atoms with Crippen LogP contribution in [0, 0.1) is 5.92 Å². The summed E-state index contributed by atoms with van der Waals surface area (Å²) in [4.78, 5) is 11.4. The molecule has 2 atom stereocenters. The third kappa shape index (κ3) is 1.77. The van der Waals surface area contributed by atoms with Gasteiger partial charge in [0.15, 0.2) is 14.6 Å². The van der Waals surface area contributed by atoms with Gasteiger partial charge < -0.3 is 5.11 Å². The fraction of sp³-hybridized carbons (Fsp3) is 0.364. The van der Waals surface area contributed by atoms with Gasteiger partial charge in [0, 0.05) is 10.3 Å². The van der Waals surface area contributed by atoms with Gasteiger partial charge >= 0.3 is 5.97 Å². The van der Waals surface area contributed by atoms with E-state index < -0.39 is 20.6 Å². The molecule has 17 heavy (non-hydrogen) atoms. The van der Waals surface area contributed by atoms with Gasteiger partial charge in [-0.2, -0.15) is 0 Å². The molecule has 2 rings (SSSR count). The highest BCUT2D eigenvalue weighted by Gasteiger charge is 2.69. The number of hydrogen-bond acceptors (Lipinski definition) is 3. The number of halogens is 1. The van der Waals surface area contributed by atoms with E-state index in [0.717, 1.165) is 0 Å². The molecule has 6 heteroatoms. The average molecular weight is 366 g/mol. The summed E-state index contributed by atoms with van der Waals surface area (Å²) in [5.41, 5.74) is 0. The Morgan fingerprint density at radius 2 is 2.00 bits per heavy atom. The van der Waals surface area contributed by atoms with Crippen LogP contribution in [-0.2, 0) is 14.6 Å². The van der Waals surface area contributed by atoms with Crippen LogP contribution < -0.4 is 0 Å².